The second-order valence-corrected chi connectivity index (χ2v) is 7.53. The minimum absolute atomic E-state index is 0.0439. The zero-order valence-electron chi connectivity index (χ0n) is 15.7. The summed E-state index contributed by atoms with van der Waals surface area (Å²) in [6.45, 7) is 5.27. The van der Waals surface area contributed by atoms with Crippen LogP contribution in [0.3, 0.4) is 0 Å². The summed E-state index contributed by atoms with van der Waals surface area (Å²) in [5, 5.41) is 2.78. The Morgan fingerprint density at radius 2 is 1.67 bits per heavy atom. The number of hydrogen-bond donors (Lipinski definition) is 1. The van der Waals surface area contributed by atoms with E-state index in [2.05, 4.69) is 5.32 Å². The van der Waals surface area contributed by atoms with E-state index in [9.17, 15) is 19.2 Å². The number of esters is 1. The molecule has 1 aromatic carbocycles. The van der Waals surface area contributed by atoms with Crippen LogP contribution < -0.4 is 5.32 Å². The fraction of sp³-hybridized carbons (Fsp3) is 0.500. The second kappa shape index (κ2) is 7.50. The van der Waals surface area contributed by atoms with Crippen molar-refractivity contribution < 1.29 is 23.9 Å². The third-order valence-corrected chi connectivity index (χ3v) is 4.69. The molecule has 3 rings (SSSR count). The van der Waals surface area contributed by atoms with Crippen LogP contribution in [-0.4, -0.2) is 46.8 Å². The van der Waals surface area contributed by atoms with E-state index in [1.807, 2.05) is 13.8 Å². The SMILES string of the molecule is CC(C)C[C@H](C(=O)O[C@H](C)C(=O)NC1CC1)N1C(=O)c2ccccc2C1=O. The lowest BCUT2D eigenvalue weighted by Gasteiger charge is -2.27. The summed E-state index contributed by atoms with van der Waals surface area (Å²) < 4.78 is 5.31. The average Bonchev–Trinajstić information content (AvgIpc) is 3.40. The van der Waals surface area contributed by atoms with E-state index in [4.69, 9.17) is 4.74 Å². The lowest BCUT2D eigenvalue weighted by Crippen LogP contribution is -2.48. The Balaban J connectivity index is 1.77. The van der Waals surface area contributed by atoms with Gasteiger partial charge in [0.2, 0.25) is 0 Å². The number of nitrogens with zero attached hydrogens (tertiary/aromatic N) is 1. The summed E-state index contributed by atoms with van der Waals surface area (Å²) in [6, 6.07) is 5.58. The molecule has 1 fully saturated rings. The first kappa shape index (κ1) is 19.1. The second-order valence-electron chi connectivity index (χ2n) is 7.53. The van der Waals surface area contributed by atoms with Crippen molar-refractivity contribution in [2.24, 2.45) is 5.92 Å². The first-order valence-corrected chi connectivity index (χ1v) is 9.27. The van der Waals surface area contributed by atoms with Gasteiger partial charge in [-0.3, -0.25) is 19.3 Å². The largest absolute Gasteiger partial charge is 0.451 e. The van der Waals surface area contributed by atoms with E-state index < -0.39 is 29.9 Å². The Kier molecular flexibility index (Phi) is 5.30. The number of amides is 3. The molecule has 7 heteroatoms. The van der Waals surface area contributed by atoms with Crippen molar-refractivity contribution in [1.29, 1.82) is 0 Å². The molecule has 0 spiro atoms. The van der Waals surface area contributed by atoms with Gasteiger partial charge in [-0.05, 0) is 44.2 Å². The zero-order valence-corrected chi connectivity index (χ0v) is 15.7. The molecule has 0 bridgehead atoms. The van der Waals surface area contributed by atoms with Crippen LogP contribution in [0, 0.1) is 5.92 Å². The van der Waals surface area contributed by atoms with Crippen molar-refractivity contribution in [2.45, 2.75) is 58.2 Å². The van der Waals surface area contributed by atoms with Gasteiger partial charge in [0.05, 0.1) is 11.1 Å². The number of rotatable bonds is 7. The summed E-state index contributed by atoms with van der Waals surface area (Å²) in [5.74, 6) is -2.07. The Bertz CT molecular complexity index is 749. The van der Waals surface area contributed by atoms with Crippen LogP contribution in [0.4, 0.5) is 0 Å². The summed E-state index contributed by atoms with van der Waals surface area (Å²) in [4.78, 5) is 51.3. The third kappa shape index (κ3) is 4.02. The first-order chi connectivity index (χ1) is 12.8. The highest BCUT2D eigenvalue weighted by Gasteiger charge is 2.44. The molecular weight excluding hydrogens is 348 g/mol. The highest BCUT2D eigenvalue weighted by atomic mass is 16.5. The molecule has 27 heavy (non-hydrogen) atoms. The maximum Gasteiger partial charge on any atom is 0.330 e. The number of nitrogens with one attached hydrogen (secondary N) is 1. The van der Waals surface area contributed by atoms with Crippen LogP contribution in [0.5, 0.6) is 0 Å². The van der Waals surface area contributed by atoms with Gasteiger partial charge in [-0.25, -0.2) is 4.79 Å². The number of carbonyl (C=O) groups is 4. The topological polar surface area (TPSA) is 92.8 Å². The minimum atomic E-state index is -1.06. The Morgan fingerprint density at radius 3 is 2.15 bits per heavy atom. The van der Waals surface area contributed by atoms with Crippen molar-refractivity contribution in [3.8, 4) is 0 Å². The fourth-order valence-corrected chi connectivity index (χ4v) is 3.10. The van der Waals surface area contributed by atoms with Gasteiger partial charge in [-0.1, -0.05) is 26.0 Å². The molecule has 1 aliphatic carbocycles. The number of ether oxygens (including phenoxy) is 1. The Labute approximate surface area is 158 Å². The molecular formula is C20H24N2O5. The van der Waals surface area contributed by atoms with Crippen LogP contribution in [0.2, 0.25) is 0 Å². The number of imide groups is 1. The van der Waals surface area contributed by atoms with Crippen LogP contribution in [0.25, 0.3) is 0 Å². The van der Waals surface area contributed by atoms with Gasteiger partial charge in [0.15, 0.2) is 6.10 Å². The van der Waals surface area contributed by atoms with E-state index in [1.165, 1.54) is 6.92 Å². The molecule has 1 N–H and O–H groups in total. The van der Waals surface area contributed by atoms with Crippen molar-refractivity contribution in [2.75, 3.05) is 0 Å². The molecule has 1 saturated carbocycles. The normalized spacial score (nSPS) is 18.3. The van der Waals surface area contributed by atoms with Gasteiger partial charge >= 0.3 is 5.97 Å². The number of carbonyl (C=O) groups excluding carboxylic acids is 4. The molecule has 0 unspecified atom stereocenters. The van der Waals surface area contributed by atoms with Gasteiger partial charge in [0, 0.05) is 6.04 Å². The van der Waals surface area contributed by atoms with Gasteiger partial charge in [0.1, 0.15) is 6.04 Å². The lowest BCUT2D eigenvalue weighted by molar-refractivity contribution is -0.159. The molecule has 2 atom stereocenters. The van der Waals surface area contributed by atoms with E-state index in [-0.39, 0.29) is 35.4 Å². The van der Waals surface area contributed by atoms with Crippen molar-refractivity contribution >= 4 is 23.7 Å². The summed E-state index contributed by atoms with van der Waals surface area (Å²) in [6.07, 6.45) is 1.14. The fourth-order valence-electron chi connectivity index (χ4n) is 3.10. The van der Waals surface area contributed by atoms with Gasteiger partial charge in [0.25, 0.3) is 17.7 Å². The average molecular weight is 372 g/mol. The molecule has 1 aromatic rings. The Hall–Kier alpha value is -2.70. The van der Waals surface area contributed by atoms with Crippen LogP contribution in [-0.2, 0) is 14.3 Å². The highest BCUT2D eigenvalue weighted by molar-refractivity contribution is 6.22. The number of benzene rings is 1. The monoisotopic (exact) mass is 372 g/mol. The van der Waals surface area contributed by atoms with Gasteiger partial charge in [-0.15, -0.1) is 0 Å². The summed E-state index contributed by atoms with van der Waals surface area (Å²) in [7, 11) is 0. The van der Waals surface area contributed by atoms with Crippen LogP contribution in [0.15, 0.2) is 24.3 Å². The van der Waals surface area contributed by atoms with E-state index >= 15 is 0 Å². The number of fused-ring (bicyclic) bond motifs is 1. The quantitative estimate of drug-likeness (QED) is 0.583. The van der Waals surface area contributed by atoms with Crippen LogP contribution in [0.1, 0.15) is 60.7 Å². The van der Waals surface area contributed by atoms with Gasteiger partial charge < -0.3 is 10.1 Å². The molecule has 2 aliphatic rings. The molecule has 0 saturated heterocycles. The maximum absolute atomic E-state index is 12.8. The summed E-state index contributed by atoms with van der Waals surface area (Å²) >= 11 is 0. The minimum Gasteiger partial charge on any atom is -0.451 e. The van der Waals surface area contributed by atoms with Crippen molar-refractivity contribution in [3.05, 3.63) is 35.4 Å². The van der Waals surface area contributed by atoms with E-state index in [0.717, 1.165) is 17.7 Å². The molecule has 144 valence electrons. The smallest absolute Gasteiger partial charge is 0.330 e. The molecule has 7 nitrogen and oxygen atoms in total. The molecule has 0 radical (unpaired) electrons. The lowest BCUT2D eigenvalue weighted by atomic mass is 10.0. The predicted octanol–water partition coefficient (Wildman–Crippen LogP) is 1.91. The van der Waals surface area contributed by atoms with Crippen LogP contribution >= 0.6 is 0 Å². The molecule has 1 aliphatic heterocycles. The van der Waals surface area contributed by atoms with Crippen molar-refractivity contribution in [3.63, 3.8) is 0 Å². The molecule has 0 aromatic heterocycles. The summed E-state index contributed by atoms with van der Waals surface area (Å²) in [5.41, 5.74) is 0.562. The highest BCUT2D eigenvalue weighted by Crippen LogP contribution is 2.27. The van der Waals surface area contributed by atoms with Crippen molar-refractivity contribution in [1.82, 2.24) is 10.2 Å². The standard InChI is InChI=1S/C20H24N2O5/c1-11(2)10-16(20(26)27-12(3)17(23)21-13-8-9-13)22-18(24)14-6-4-5-7-15(14)19(22)25/h4-7,11-13,16H,8-10H2,1-3H3,(H,21,23)/t12-,16-/m1/s1. The number of hydrogen-bond acceptors (Lipinski definition) is 5. The maximum atomic E-state index is 12.8. The van der Waals surface area contributed by atoms with Gasteiger partial charge in [-0.2, -0.15) is 0 Å². The Morgan fingerprint density at radius 1 is 1.11 bits per heavy atom. The van der Waals surface area contributed by atoms with E-state index in [0.29, 0.717) is 0 Å². The first-order valence-electron chi connectivity index (χ1n) is 9.27. The van der Waals surface area contributed by atoms with E-state index in [1.54, 1.807) is 24.3 Å². The third-order valence-electron chi connectivity index (χ3n) is 4.69. The molecule has 3 amide bonds. The molecule has 1 heterocycles. The zero-order chi connectivity index (χ0) is 19.7. The predicted molar refractivity (Wildman–Crippen MR) is 96.9 cm³/mol.